The molecule has 1 N–H and O–H groups in total. The molecule has 1 aromatic rings. The maximum Gasteiger partial charge on any atom is 0.307 e. The quantitative estimate of drug-likeness (QED) is 0.701. The average Bonchev–Trinajstić information content (AvgIpc) is 2.52. The Labute approximate surface area is 64.6 Å². The Bertz CT molecular complexity index is 218. The summed E-state index contributed by atoms with van der Waals surface area (Å²) in [5.41, 5.74) is 0. The van der Waals surface area contributed by atoms with Crippen LogP contribution in [0.1, 0.15) is 24.0 Å². The van der Waals surface area contributed by atoms with Crippen LogP contribution in [0.2, 0.25) is 0 Å². The minimum atomic E-state index is -0.253. The van der Waals surface area contributed by atoms with Gasteiger partial charge >= 0.3 is 5.91 Å². The van der Waals surface area contributed by atoms with Crippen molar-refractivity contribution < 1.29 is 9.21 Å². The van der Waals surface area contributed by atoms with E-state index in [2.05, 4.69) is 10.3 Å². The van der Waals surface area contributed by atoms with Crippen LogP contribution >= 0.6 is 0 Å². The van der Waals surface area contributed by atoms with Crippen LogP contribution in [0.3, 0.4) is 0 Å². The zero-order valence-electron chi connectivity index (χ0n) is 6.33. The summed E-state index contributed by atoms with van der Waals surface area (Å²) in [7, 11) is 0. The molecular formula is C7H10N2O2. The van der Waals surface area contributed by atoms with Crippen LogP contribution in [0, 0.1) is 0 Å². The second-order valence-corrected chi connectivity index (χ2v) is 2.09. The predicted octanol–water partition coefficient (Wildman–Crippen LogP) is 0.814. The fourth-order valence-electron chi connectivity index (χ4n) is 0.650. The first-order valence-electron chi connectivity index (χ1n) is 3.52. The molecule has 1 amide bonds. The monoisotopic (exact) mass is 154 g/mol. The minimum Gasteiger partial charge on any atom is -0.441 e. The molecule has 4 nitrogen and oxygen atoms in total. The van der Waals surface area contributed by atoms with Gasteiger partial charge < -0.3 is 9.73 Å². The van der Waals surface area contributed by atoms with Crippen molar-refractivity contribution in [3.05, 3.63) is 18.4 Å². The van der Waals surface area contributed by atoms with E-state index in [1.165, 1.54) is 12.5 Å². The first-order valence-corrected chi connectivity index (χ1v) is 3.52. The third-order valence-electron chi connectivity index (χ3n) is 1.16. The highest BCUT2D eigenvalue weighted by atomic mass is 16.3. The van der Waals surface area contributed by atoms with Crippen LogP contribution in [0.25, 0.3) is 0 Å². The van der Waals surface area contributed by atoms with Crippen LogP contribution < -0.4 is 5.32 Å². The number of oxazole rings is 1. The number of carbonyl (C=O) groups excluding carboxylic acids is 1. The summed E-state index contributed by atoms with van der Waals surface area (Å²) in [4.78, 5) is 14.7. The van der Waals surface area contributed by atoms with Crippen molar-refractivity contribution in [2.24, 2.45) is 0 Å². The maximum absolute atomic E-state index is 11.0. The van der Waals surface area contributed by atoms with Crippen molar-refractivity contribution in [2.45, 2.75) is 13.3 Å². The van der Waals surface area contributed by atoms with Gasteiger partial charge in [0.25, 0.3) is 5.89 Å². The number of hydrogen-bond donors (Lipinski definition) is 1. The third kappa shape index (κ3) is 2.07. The first-order chi connectivity index (χ1) is 5.34. The van der Waals surface area contributed by atoms with Gasteiger partial charge in [-0.2, -0.15) is 0 Å². The summed E-state index contributed by atoms with van der Waals surface area (Å²) >= 11 is 0. The summed E-state index contributed by atoms with van der Waals surface area (Å²) in [5.74, 6) is -0.129. The number of rotatable bonds is 3. The second-order valence-electron chi connectivity index (χ2n) is 2.09. The van der Waals surface area contributed by atoms with Crippen molar-refractivity contribution in [3.63, 3.8) is 0 Å². The van der Waals surface area contributed by atoms with E-state index in [0.29, 0.717) is 6.54 Å². The number of hydrogen-bond acceptors (Lipinski definition) is 3. The molecule has 0 unspecified atom stereocenters. The molecule has 1 heterocycles. The van der Waals surface area contributed by atoms with Crippen molar-refractivity contribution >= 4 is 5.91 Å². The van der Waals surface area contributed by atoms with E-state index in [-0.39, 0.29) is 11.8 Å². The molecule has 0 saturated carbocycles. The summed E-state index contributed by atoms with van der Waals surface area (Å²) < 4.78 is 4.77. The maximum atomic E-state index is 11.0. The lowest BCUT2D eigenvalue weighted by molar-refractivity contribution is 0.0919. The largest absolute Gasteiger partial charge is 0.441 e. The van der Waals surface area contributed by atoms with Crippen molar-refractivity contribution in [2.75, 3.05) is 6.54 Å². The SMILES string of the molecule is CCCNC(=O)c1ncco1. The number of amides is 1. The zero-order valence-corrected chi connectivity index (χ0v) is 6.33. The van der Waals surface area contributed by atoms with Gasteiger partial charge in [-0.1, -0.05) is 6.92 Å². The Hall–Kier alpha value is -1.32. The van der Waals surface area contributed by atoms with Gasteiger partial charge in [-0.25, -0.2) is 4.98 Å². The van der Waals surface area contributed by atoms with E-state index in [0.717, 1.165) is 6.42 Å². The highest BCUT2D eigenvalue weighted by Crippen LogP contribution is 1.92. The third-order valence-corrected chi connectivity index (χ3v) is 1.16. The number of nitrogens with zero attached hydrogens (tertiary/aromatic N) is 1. The smallest absolute Gasteiger partial charge is 0.307 e. The molecule has 11 heavy (non-hydrogen) atoms. The molecule has 0 radical (unpaired) electrons. The topological polar surface area (TPSA) is 55.1 Å². The van der Waals surface area contributed by atoms with Gasteiger partial charge in [0.1, 0.15) is 6.26 Å². The van der Waals surface area contributed by atoms with Gasteiger partial charge in [0.05, 0.1) is 6.20 Å². The molecule has 0 atom stereocenters. The minimum absolute atomic E-state index is 0.124. The van der Waals surface area contributed by atoms with E-state index in [4.69, 9.17) is 4.42 Å². The van der Waals surface area contributed by atoms with E-state index < -0.39 is 0 Å². The van der Waals surface area contributed by atoms with Crippen LogP contribution in [0.5, 0.6) is 0 Å². The molecule has 1 rings (SSSR count). The van der Waals surface area contributed by atoms with Crippen LogP contribution in [-0.4, -0.2) is 17.4 Å². The molecule has 0 aliphatic heterocycles. The molecule has 0 aliphatic carbocycles. The van der Waals surface area contributed by atoms with Crippen LogP contribution in [0.15, 0.2) is 16.9 Å². The Morgan fingerprint density at radius 2 is 2.64 bits per heavy atom. The Kier molecular flexibility index (Phi) is 2.66. The summed E-state index contributed by atoms with van der Waals surface area (Å²) in [5, 5.41) is 2.64. The van der Waals surface area contributed by atoms with Gasteiger partial charge in [-0.05, 0) is 6.42 Å². The Balaban J connectivity index is 2.43. The molecule has 0 saturated heterocycles. The van der Waals surface area contributed by atoms with Gasteiger partial charge in [0.15, 0.2) is 0 Å². The van der Waals surface area contributed by atoms with Gasteiger partial charge in [-0.15, -0.1) is 0 Å². The summed E-state index contributed by atoms with van der Waals surface area (Å²) in [6.45, 7) is 2.64. The Morgan fingerprint density at radius 3 is 3.18 bits per heavy atom. The number of carbonyl (C=O) groups is 1. The summed E-state index contributed by atoms with van der Waals surface area (Å²) in [6, 6.07) is 0. The second kappa shape index (κ2) is 3.75. The van der Waals surface area contributed by atoms with Crippen LogP contribution in [0.4, 0.5) is 0 Å². The normalized spacial score (nSPS) is 9.55. The van der Waals surface area contributed by atoms with E-state index in [1.807, 2.05) is 6.92 Å². The summed E-state index contributed by atoms with van der Waals surface area (Å²) in [6.07, 6.45) is 3.73. The lowest BCUT2D eigenvalue weighted by atomic mass is 10.4. The molecule has 0 fully saturated rings. The van der Waals surface area contributed by atoms with Gasteiger partial charge in [-0.3, -0.25) is 4.79 Å². The molecule has 0 bridgehead atoms. The molecule has 60 valence electrons. The molecule has 0 aliphatic rings. The van der Waals surface area contributed by atoms with Gasteiger partial charge in [0, 0.05) is 6.54 Å². The van der Waals surface area contributed by atoms with Crippen molar-refractivity contribution in [1.29, 1.82) is 0 Å². The fraction of sp³-hybridized carbons (Fsp3) is 0.429. The zero-order chi connectivity index (χ0) is 8.10. The standard InChI is InChI=1S/C7H10N2O2/c1-2-3-8-6(10)7-9-4-5-11-7/h4-5H,2-3H2,1H3,(H,8,10). The number of aromatic nitrogens is 1. The molecule has 1 aromatic heterocycles. The van der Waals surface area contributed by atoms with Gasteiger partial charge in [0.2, 0.25) is 0 Å². The Morgan fingerprint density at radius 1 is 1.82 bits per heavy atom. The average molecular weight is 154 g/mol. The number of nitrogens with one attached hydrogen (secondary N) is 1. The molecule has 0 aromatic carbocycles. The lowest BCUT2D eigenvalue weighted by Crippen LogP contribution is -2.24. The fourth-order valence-corrected chi connectivity index (χ4v) is 0.650. The van der Waals surface area contributed by atoms with Crippen molar-refractivity contribution in [1.82, 2.24) is 10.3 Å². The highest BCUT2D eigenvalue weighted by Gasteiger charge is 2.07. The van der Waals surface area contributed by atoms with Crippen molar-refractivity contribution in [3.8, 4) is 0 Å². The van der Waals surface area contributed by atoms with E-state index in [9.17, 15) is 4.79 Å². The molecule has 4 heteroatoms. The first kappa shape index (κ1) is 7.78. The molecule has 0 spiro atoms. The highest BCUT2D eigenvalue weighted by molar-refractivity contribution is 5.89. The van der Waals surface area contributed by atoms with Crippen LogP contribution in [-0.2, 0) is 0 Å². The molecular weight excluding hydrogens is 144 g/mol. The predicted molar refractivity (Wildman–Crippen MR) is 39.1 cm³/mol. The van der Waals surface area contributed by atoms with E-state index >= 15 is 0 Å². The lowest BCUT2D eigenvalue weighted by Gasteiger charge is -1.96. The van der Waals surface area contributed by atoms with E-state index in [1.54, 1.807) is 0 Å².